The van der Waals surface area contributed by atoms with Gasteiger partial charge >= 0.3 is 0 Å². The summed E-state index contributed by atoms with van der Waals surface area (Å²) in [6.45, 7) is 7.87. The number of hydrogen-bond acceptors (Lipinski definition) is 2. The van der Waals surface area contributed by atoms with Gasteiger partial charge in [0.2, 0.25) is 0 Å². The molecule has 2 rings (SSSR count). The van der Waals surface area contributed by atoms with Gasteiger partial charge in [-0.05, 0) is 30.5 Å². The van der Waals surface area contributed by atoms with Gasteiger partial charge in [0, 0.05) is 24.8 Å². The molecule has 1 aromatic carbocycles. The largest absolute Gasteiger partial charge is 0.365 e. The highest BCUT2D eigenvalue weighted by molar-refractivity contribution is 5.85. The van der Waals surface area contributed by atoms with Crippen molar-refractivity contribution >= 4 is 18.2 Å². The van der Waals surface area contributed by atoms with Crippen molar-refractivity contribution in [3.05, 3.63) is 47.4 Å². The van der Waals surface area contributed by atoms with Crippen molar-refractivity contribution in [3.63, 3.8) is 0 Å². The predicted molar refractivity (Wildman–Crippen MR) is 82.8 cm³/mol. The summed E-state index contributed by atoms with van der Waals surface area (Å²) in [6.07, 6.45) is 0. The fourth-order valence-corrected chi connectivity index (χ4v) is 1.97. The second kappa shape index (κ2) is 7.29. The van der Waals surface area contributed by atoms with E-state index in [4.69, 9.17) is 0 Å². The number of aromatic nitrogens is 2. The van der Waals surface area contributed by atoms with Gasteiger partial charge in [0.1, 0.15) is 11.6 Å². The second-order valence-corrected chi connectivity index (χ2v) is 5.23. The number of nitrogens with zero attached hydrogens (tertiary/aromatic N) is 2. The number of nitrogens with one attached hydrogen (secondary N) is 1. The first-order valence-corrected chi connectivity index (χ1v) is 6.57. The molecule has 0 unspecified atom stereocenters. The van der Waals surface area contributed by atoms with Crippen LogP contribution in [0.2, 0.25) is 0 Å². The van der Waals surface area contributed by atoms with Gasteiger partial charge in [-0.3, -0.25) is 4.68 Å². The third-order valence-electron chi connectivity index (χ3n) is 2.88. The van der Waals surface area contributed by atoms with Crippen molar-refractivity contribution in [2.45, 2.75) is 33.9 Å². The molecule has 1 heterocycles. The number of halogens is 2. The first kappa shape index (κ1) is 16.5. The van der Waals surface area contributed by atoms with Crippen LogP contribution in [0.15, 0.2) is 30.3 Å². The zero-order chi connectivity index (χ0) is 13.8. The molecule has 0 aliphatic heterocycles. The maximum absolute atomic E-state index is 13.1. The third-order valence-corrected chi connectivity index (χ3v) is 2.88. The first-order chi connectivity index (χ1) is 9.04. The average molecular weight is 298 g/mol. The summed E-state index contributed by atoms with van der Waals surface area (Å²) < 4.78 is 15.1. The molecule has 0 radical (unpaired) electrons. The minimum absolute atomic E-state index is 0. The molecule has 0 saturated carbocycles. The molecule has 1 N–H and O–H groups in total. The Morgan fingerprint density at radius 3 is 2.70 bits per heavy atom. The average Bonchev–Trinajstić information content (AvgIpc) is 2.67. The summed E-state index contributed by atoms with van der Waals surface area (Å²) in [5, 5.41) is 7.72. The molecule has 0 spiro atoms. The van der Waals surface area contributed by atoms with Crippen LogP contribution < -0.4 is 5.32 Å². The van der Waals surface area contributed by atoms with Gasteiger partial charge in [0.15, 0.2) is 0 Å². The van der Waals surface area contributed by atoms with Crippen molar-refractivity contribution in [3.8, 4) is 0 Å². The fourth-order valence-electron chi connectivity index (χ4n) is 1.97. The first-order valence-electron chi connectivity index (χ1n) is 6.57. The minimum atomic E-state index is -0.208. The molecule has 0 bridgehead atoms. The van der Waals surface area contributed by atoms with E-state index in [0.717, 1.165) is 23.6 Å². The highest BCUT2D eigenvalue weighted by Gasteiger charge is 2.05. The molecule has 1 aromatic heterocycles. The highest BCUT2D eigenvalue weighted by Crippen LogP contribution is 2.12. The van der Waals surface area contributed by atoms with Crippen LogP contribution in [0.5, 0.6) is 0 Å². The van der Waals surface area contributed by atoms with E-state index >= 15 is 0 Å². The Bertz CT molecular complexity index is 552. The Hall–Kier alpha value is -1.55. The van der Waals surface area contributed by atoms with Crippen molar-refractivity contribution in [1.29, 1.82) is 0 Å². The highest BCUT2D eigenvalue weighted by atomic mass is 35.5. The van der Waals surface area contributed by atoms with Gasteiger partial charge in [-0.25, -0.2) is 4.39 Å². The van der Waals surface area contributed by atoms with E-state index in [-0.39, 0.29) is 18.2 Å². The van der Waals surface area contributed by atoms with E-state index < -0.39 is 0 Å². The summed E-state index contributed by atoms with van der Waals surface area (Å²) in [6, 6.07) is 8.61. The summed E-state index contributed by atoms with van der Waals surface area (Å²) >= 11 is 0. The Labute approximate surface area is 125 Å². The minimum Gasteiger partial charge on any atom is -0.365 e. The number of aryl methyl sites for hydroxylation is 1. The molecule has 2 aromatic rings. The van der Waals surface area contributed by atoms with Crippen LogP contribution in [0.1, 0.15) is 25.1 Å². The summed E-state index contributed by atoms with van der Waals surface area (Å²) in [5.41, 5.74) is 2.05. The van der Waals surface area contributed by atoms with Crippen molar-refractivity contribution in [1.82, 2.24) is 9.78 Å². The molecule has 0 atom stereocenters. The van der Waals surface area contributed by atoms with Crippen LogP contribution in [0.3, 0.4) is 0 Å². The third kappa shape index (κ3) is 4.53. The quantitative estimate of drug-likeness (QED) is 0.903. The lowest BCUT2D eigenvalue weighted by Crippen LogP contribution is -2.08. The molecule has 0 amide bonds. The second-order valence-electron chi connectivity index (χ2n) is 5.23. The maximum Gasteiger partial charge on any atom is 0.148 e. The molecule has 5 heteroatoms. The molecule has 20 heavy (non-hydrogen) atoms. The van der Waals surface area contributed by atoms with Gasteiger partial charge in [0.25, 0.3) is 0 Å². The molecule has 110 valence electrons. The van der Waals surface area contributed by atoms with Crippen LogP contribution in [0, 0.1) is 18.7 Å². The SMILES string of the molecule is Cc1cc(NCc2cccc(F)c2)nn1CC(C)C.Cl. The lowest BCUT2D eigenvalue weighted by atomic mass is 10.2. The van der Waals surface area contributed by atoms with Crippen molar-refractivity contribution in [2.24, 2.45) is 5.92 Å². The number of rotatable bonds is 5. The summed E-state index contributed by atoms with van der Waals surface area (Å²) in [4.78, 5) is 0. The van der Waals surface area contributed by atoms with Crippen LogP contribution in [-0.4, -0.2) is 9.78 Å². The maximum atomic E-state index is 13.1. The Balaban J connectivity index is 0.00000200. The lowest BCUT2D eigenvalue weighted by molar-refractivity contribution is 0.475. The molecular weight excluding hydrogens is 277 g/mol. The van der Waals surface area contributed by atoms with Crippen molar-refractivity contribution < 1.29 is 4.39 Å². The standard InChI is InChI=1S/C15H20FN3.ClH/c1-11(2)10-19-12(3)7-15(18-19)17-9-13-5-4-6-14(16)8-13;/h4-8,11H,9-10H2,1-3H3,(H,17,18);1H. The van der Waals surface area contributed by atoms with E-state index in [1.54, 1.807) is 6.07 Å². The van der Waals surface area contributed by atoms with E-state index in [1.807, 2.05) is 23.7 Å². The van der Waals surface area contributed by atoms with Gasteiger partial charge < -0.3 is 5.32 Å². The van der Waals surface area contributed by atoms with Crippen LogP contribution in [0.4, 0.5) is 10.2 Å². The van der Waals surface area contributed by atoms with Crippen LogP contribution in [-0.2, 0) is 13.1 Å². The number of hydrogen-bond donors (Lipinski definition) is 1. The van der Waals surface area contributed by atoms with E-state index in [1.165, 1.54) is 12.1 Å². The smallest absolute Gasteiger partial charge is 0.148 e. The van der Waals surface area contributed by atoms with E-state index in [9.17, 15) is 4.39 Å². The molecule has 3 nitrogen and oxygen atoms in total. The lowest BCUT2D eigenvalue weighted by Gasteiger charge is -2.07. The van der Waals surface area contributed by atoms with E-state index in [0.29, 0.717) is 12.5 Å². The molecule has 0 fully saturated rings. The number of benzene rings is 1. The zero-order valence-corrected chi connectivity index (χ0v) is 12.9. The Morgan fingerprint density at radius 1 is 1.30 bits per heavy atom. The van der Waals surface area contributed by atoms with Gasteiger partial charge in [-0.1, -0.05) is 26.0 Å². The van der Waals surface area contributed by atoms with E-state index in [2.05, 4.69) is 24.3 Å². The molecule has 0 saturated heterocycles. The topological polar surface area (TPSA) is 29.9 Å². The van der Waals surface area contributed by atoms with Crippen molar-refractivity contribution in [2.75, 3.05) is 5.32 Å². The van der Waals surface area contributed by atoms with Gasteiger partial charge in [-0.15, -0.1) is 12.4 Å². The zero-order valence-electron chi connectivity index (χ0n) is 12.1. The molecular formula is C15H21ClFN3. The monoisotopic (exact) mass is 297 g/mol. The summed E-state index contributed by atoms with van der Waals surface area (Å²) in [7, 11) is 0. The Kier molecular flexibility index (Phi) is 6.02. The van der Waals surface area contributed by atoms with Crippen LogP contribution >= 0.6 is 12.4 Å². The molecule has 0 aliphatic carbocycles. The molecule has 0 aliphatic rings. The van der Waals surface area contributed by atoms with Crippen LogP contribution in [0.25, 0.3) is 0 Å². The fraction of sp³-hybridized carbons (Fsp3) is 0.400. The summed E-state index contributed by atoms with van der Waals surface area (Å²) in [5.74, 6) is 1.19. The van der Waals surface area contributed by atoms with Gasteiger partial charge in [0.05, 0.1) is 0 Å². The normalized spacial score (nSPS) is 10.4. The predicted octanol–water partition coefficient (Wildman–Crippen LogP) is 4.02. The van der Waals surface area contributed by atoms with Gasteiger partial charge in [-0.2, -0.15) is 5.10 Å². The number of anilines is 1. The Morgan fingerprint density at radius 2 is 2.05 bits per heavy atom.